The van der Waals surface area contributed by atoms with Crippen LogP contribution in [0.5, 0.6) is 0 Å². The number of nitrogens with zero attached hydrogens (tertiary/aromatic N) is 1. The quantitative estimate of drug-likeness (QED) is 0.631. The van der Waals surface area contributed by atoms with E-state index in [4.69, 9.17) is 23.2 Å². The van der Waals surface area contributed by atoms with Crippen LogP contribution < -0.4 is 5.32 Å². The summed E-state index contributed by atoms with van der Waals surface area (Å²) in [6, 6.07) is 5.45. The monoisotopic (exact) mass is 438 g/mol. The van der Waals surface area contributed by atoms with Gasteiger partial charge in [-0.2, -0.15) is 11.8 Å². The first-order valence-corrected chi connectivity index (χ1v) is 12.1. The standard InChI is InChI=1S/C17H24Cl2N2O3S2/c1-2-26(23,24)21-9-6-13(7-10-21)17(22)20-8-11-25-12-14-15(18)4-3-5-16(14)19/h3-5,13H,2,6-12H2,1H3,(H,20,22). The number of rotatable bonds is 8. The van der Waals surface area contributed by atoms with Gasteiger partial charge in [0.1, 0.15) is 0 Å². The highest BCUT2D eigenvalue weighted by atomic mass is 35.5. The first-order chi connectivity index (χ1) is 12.3. The van der Waals surface area contributed by atoms with Crippen LogP contribution in [-0.2, 0) is 20.6 Å². The van der Waals surface area contributed by atoms with Crippen LogP contribution in [0.15, 0.2) is 18.2 Å². The van der Waals surface area contributed by atoms with Crippen molar-refractivity contribution in [2.45, 2.75) is 25.5 Å². The van der Waals surface area contributed by atoms with E-state index in [0.717, 1.165) is 11.3 Å². The van der Waals surface area contributed by atoms with Gasteiger partial charge in [-0.05, 0) is 37.5 Å². The molecule has 1 aromatic rings. The molecule has 0 aromatic heterocycles. The van der Waals surface area contributed by atoms with Crippen molar-refractivity contribution in [3.8, 4) is 0 Å². The lowest BCUT2D eigenvalue weighted by Gasteiger charge is -2.30. The summed E-state index contributed by atoms with van der Waals surface area (Å²) < 4.78 is 25.2. The van der Waals surface area contributed by atoms with E-state index in [1.165, 1.54) is 4.31 Å². The number of thioether (sulfide) groups is 1. The molecule has 1 amide bonds. The predicted octanol–water partition coefficient (Wildman–Crippen LogP) is 3.40. The van der Waals surface area contributed by atoms with Crippen molar-refractivity contribution in [3.05, 3.63) is 33.8 Å². The fraction of sp³-hybridized carbons (Fsp3) is 0.588. The summed E-state index contributed by atoms with van der Waals surface area (Å²) in [5.41, 5.74) is 0.914. The minimum absolute atomic E-state index is 0.00919. The molecule has 5 nitrogen and oxygen atoms in total. The number of carbonyl (C=O) groups is 1. The average molecular weight is 439 g/mol. The number of nitrogens with one attached hydrogen (secondary N) is 1. The van der Waals surface area contributed by atoms with Gasteiger partial charge >= 0.3 is 0 Å². The number of hydrogen-bond donors (Lipinski definition) is 1. The Kier molecular flexibility index (Phi) is 8.54. The molecule has 1 aliphatic rings. The van der Waals surface area contributed by atoms with E-state index in [0.29, 0.717) is 48.3 Å². The molecule has 0 aliphatic carbocycles. The van der Waals surface area contributed by atoms with Gasteiger partial charge in [0.25, 0.3) is 0 Å². The summed E-state index contributed by atoms with van der Waals surface area (Å²) in [6.07, 6.45) is 1.15. The molecule has 9 heteroatoms. The molecule has 0 atom stereocenters. The molecular formula is C17H24Cl2N2O3S2. The van der Waals surface area contributed by atoms with Gasteiger partial charge in [-0.25, -0.2) is 12.7 Å². The Morgan fingerprint density at radius 1 is 1.27 bits per heavy atom. The molecule has 0 bridgehead atoms. The van der Waals surface area contributed by atoms with Gasteiger partial charge < -0.3 is 5.32 Å². The first kappa shape index (κ1) is 21.8. The lowest BCUT2D eigenvalue weighted by molar-refractivity contribution is -0.125. The zero-order valence-corrected chi connectivity index (χ0v) is 17.9. The third kappa shape index (κ3) is 6.02. The van der Waals surface area contributed by atoms with Gasteiger partial charge in [0, 0.05) is 47.1 Å². The molecule has 146 valence electrons. The molecule has 1 heterocycles. The minimum atomic E-state index is -3.15. The SMILES string of the molecule is CCS(=O)(=O)N1CCC(C(=O)NCCSCc2c(Cl)cccc2Cl)CC1. The van der Waals surface area contributed by atoms with E-state index in [9.17, 15) is 13.2 Å². The second-order valence-electron chi connectivity index (χ2n) is 6.12. The van der Waals surface area contributed by atoms with Crippen LogP contribution >= 0.6 is 35.0 Å². The zero-order chi connectivity index (χ0) is 19.2. The van der Waals surface area contributed by atoms with Crippen molar-refractivity contribution in [2.75, 3.05) is 31.1 Å². The summed E-state index contributed by atoms with van der Waals surface area (Å²) in [5.74, 6) is 1.46. The minimum Gasteiger partial charge on any atom is -0.355 e. The maximum Gasteiger partial charge on any atom is 0.223 e. The third-order valence-corrected chi connectivity index (χ3v) is 8.01. The van der Waals surface area contributed by atoms with Gasteiger partial charge in [0.15, 0.2) is 0 Å². The Hall–Kier alpha value is -0.470. The van der Waals surface area contributed by atoms with E-state index < -0.39 is 10.0 Å². The summed E-state index contributed by atoms with van der Waals surface area (Å²) in [5, 5.41) is 4.25. The molecule has 0 unspecified atom stereocenters. The zero-order valence-electron chi connectivity index (χ0n) is 14.7. The largest absolute Gasteiger partial charge is 0.355 e. The maximum atomic E-state index is 12.2. The van der Waals surface area contributed by atoms with Crippen molar-refractivity contribution in [2.24, 2.45) is 5.92 Å². The normalized spacial score (nSPS) is 16.6. The lowest BCUT2D eigenvalue weighted by Crippen LogP contribution is -2.43. The smallest absolute Gasteiger partial charge is 0.223 e. The highest BCUT2D eigenvalue weighted by molar-refractivity contribution is 7.98. The van der Waals surface area contributed by atoms with Crippen LogP contribution in [0, 0.1) is 5.92 Å². The molecule has 1 saturated heterocycles. The number of amides is 1. The molecular weight excluding hydrogens is 415 g/mol. The van der Waals surface area contributed by atoms with Crippen molar-refractivity contribution in [3.63, 3.8) is 0 Å². The Balaban J connectivity index is 1.67. The number of halogens is 2. The Bertz CT molecular complexity index is 700. The molecule has 0 saturated carbocycles. The fourth-order valence-corrected chi connectivity index (χ4v) is 5.54. The lowest BCUT2D eigenvalue weighted by atomic mass is 9.97. The Morgan fingerprint density at radius 3 is 2.46 bits per heavy atom. The van der Waals surface area contributed by atoms with E-state index in [1.54, 1.807) is 18.7 Å². The summed E-state index contributed by atoms with van der Waals surface area (Å²) >= 11 is 13.9. The van der Waals surface area contributed by atoms with Crippen LogP contribution in [0.4, 0.5) is 0 Å². The van der Waals surface area contributed by atoms with Gasteiger partial charge in [-0.3, -0.25) is 4.79 Å². The van der Waals surface area contributed by atoms with Crippen LogP contribution in [0.2, 0.25) is 10.0 Å². The van der Waals surface area contributed by atoms with Crippen LogP contribution in [-0.4, -0.2) is 49.8 Å². The molecule has 1 aromatic carbocycles. The van der Waals surface area contributed by atoms with Crippen molar-refractivity contribution in [1.82, 2.24) is 9.62 Å². The topological polar surface area (TPSA) is 66.5 Å². The maximum absolute atomic E-state index is 12.2. The Morgan fingerprint density at radius 2 is 1.88 bits per heavy atom. The van der Waals surface area contributed by atoms with Crippen LogP contribution in [0.1, 0.15) is 25.3 Å². The number of carbonyl (C=O) groups excluding carboxylic acids is 1. The first-order valence-electron chi connectivity index (χ1n) is 8.61. The molecule has 1 fully saturated rings. The van der Waals surface area contributed by atoms with Gasteiger partial charge in [-0.15, -0.1) is 0 Å². The van der Waals surface area contributed by atoms with Crippen LogP contribution in [0.25, 0.3) is 0 Å². The summed E-state index contributed by atoms with van der Waals surface area (Å²) in [4.78, 5) is 12.2. The van der Waals surface area contributed by atoms with E-state index in [2.05, 4.69) is 5.32 Å². The average Bonchev–Trinajstić information content (AvgIpc) is 2.63. The van der Waals surface area contributed by atoms with E-state index in [1.807, 2.05) is 18.2 Å². The van der Waals surface area contributed by atoms with Gasteiger partial charge in [0.05, 0.1) is 5.75 Å². The fourth-order valence-electron chi connectivity index (χ4n) is 2.81. The molecule has 0 spiro atoms. The highest BCUT2D eigenvalue weighted by Crippen LogP contribution is 2.28. The van der Waals surface area contributed by atoms with Crippen LogP contribution in [0.3, 0.4) is 0 Å². The number of piperidine rings is 1. The number of sulfonamides is 1. The second-order valence-corrected chi connectivity index (χ2v) is 10.3. The molecule has 26 heavy (non-hydrogen) atoms. The van der Waals surface area contributed by atoms with Crippen molar-refractivity contribution < 1.29 is 13.2 Å². The highest BCUT2D eigenvalue weighted by Gasteiger charge is 2.29. The van der Waals surface area contributed by atoms with Gasteiger partial charge in [-0.1, -0.05) is 29.3 Å². The van der Waals surface area contributed by atoms with Gasteiger partial charge in [0.2, 0.25) is 15.9 Å². The molecule has 2 rings (SSSR count). The molecule has 0 radical (unpaired) electrons. The number of hydrogen-bond acceptors (Lipinski definition) is 4. The summed E-state index contributed by atoms with van der Waals surface area (Å²) in [6.45, 7) is 3.06. The van der Waals surface area contributed by atoms with E-state index >= 15 is 0 Å². The number of benzene rings is 1. The second kappa shape index (κ2) is 10.2. The predicted molar refractivity (Wildman–Crippen MR) is 109 cm³/mol. The van der Waals surface area contributed by atoms with E-state index in [-0.39, 0.29) is 17.6 Å². The molecule has 1 aliphatic heterocycles. The Labute approximate surface area is 169 Å². The summed E-state index contributed by atoms with van der Waals surface area (Å²) in [7, 11) is -3.15. The van der Waals surface area contributed by atoms with Crippen molar-refractivity contribution in [1.29, 1.82) is 0 Å². The van der Waals surface area contributed by atoms with Crippen molar-refractivity contribution >= 4 is 50.9 Å². The third-order valence-electron chi connectivity index (χ3n) is 4.44. The molecule has 1 N–H and O–H groups in total.